The van der Waals surface area contributed by atoms with Crippen LogP contribution in [0.15, 0.2) is 17.8 Å². The van der Waals surface area contributed by atoms with E-state index in [9.17, 15) is 0 Å². The summed E-state index contributed by atoms with van der Waals surface area (Å²) in [5, 5.41) is 11.6. The van der Waals surface area contributed by atoms with Gasteiger partial charge in [0.05, 0.1) is 17.9 Å². The Kier molecular flexibility index (Phi) is 4.93. The maximum atomic E-state index is 4.18. The van der Waals surface area contributed by atoms with Crippen molar-refractivity contribution >= 4 is 0 Å². The Bertz CT molecular complexity index is 394. The first kappa shape index (κ1) is 13.3. The molecule has 0 aromatic carbocycles. The normalized spacial score (nSPS) is 17.6. The fraction of sp³-hybridized carbons (Fsp3) is 0.714. The Morgan fingerprint density at radius 3 is 3.00 bits per heavy atom. The fourth-order valence-corrected chi connectivity index (χ4v) is 2.63. The summed E-state index contributed by atoms with van der Waals surface area (Å²) >= 11 is 0. The van der Waals surface area contributed by atoms with Gasteiger partial charge in [0.2, 0.25) is 0 Å². The van der Waals surface area contributed by atoms with Crippen molar-refractivity contribution in [1.29, 1.82) is 0 Å². The number of aromatic nitrogens is 3. The number of hydrogen-bond donors (Lipinski definition) is 1. The van der Waals surface area contributed by atoms with Gasteiger partial charge in [-0.2, -0.15) is 0 Å². The highest BCUT2D eigenvalue weighted by Gasteiger charge is 2.17. The van der Waals surface area contributed by atoms with Gasteiger partial charge in [-0.25, -0.2) is 4.68 Å². The van der Waals surface area contributed by atoms with Gasteiger partial charge in [0.15, 0.2) is 0 Å². The van der Waals surface area contributed by atoms with Crippen LogP contribution in [-0.2, 0) is 6.54 Å². The van der Waals surface area contributed by atoms with Gasteiger partial charge in [-0.05, 0) is 45.6 Å². The van der Waals surface area contributed by atoms with Crippen molar-refractivity contribution in [3.8, 4) is 0 Å². The van der Waals surface area contributed by atoms with Gasteiger partial charge in [-0.1, -0.05) is 23.8 Å². The molecule has 18 heavy (non-hydrogen) atoms. The van der Waals surface area contributed by atoms with Gasteiger partial charge < -0.3 is 5.32 Å². The zero-order valence-electron chi connectivity index (χ0n) is 11.5. The molecule has 1 aliphatic carbocycles. The van der Waals surface area contributed by atoms with Gasteiger partial charge in [0.1, 0.15) is 0 Å². The molecule has 4 heteroatoms. The summed E-state index contributed by atoms with van der Waals surface area (Å²) in [6.45, 7) is 3.12. The van der Waals surface area contributed by atoms with Crippen molar-refractivity contribution in [2.24, 2.45) is 0 Å². The van der Waals surface area contributed by atoms with Gasteiger partial charge in [0, 0.05) is 6.54 Å². The summed E-state index contributed by atoms with van der Waals surface area (Å²) in [6.07, 6.45) is 11.7. The lowest BCUT2D eigenvalue weighted by molar-refractivity contribution is 0.481. The molecule has 4 nitrogen and oxygen atoms in total. The maximum Gasteiger partial charge on any atom is 0.0759 e. The molecule has 100 valence electrons. The van der Waals surface area contributed by atoms with Crippen LogP contribution < -0.4 is 5.32 Å². The van der Waals surface area contributed by atoms with E-state index in [0.29, 0.717) is 6.04 Å². The van der Waals surface area contributed by atoms with Crippen LogP contribution in [0.2, 0.25) is 0 Å². The van der Waals surface area contributed by atoms with Gasteiger partial charge in [0.25, 0.3) is 0 Å². The summed E-state index contributed by atoms with van der Waals surface area (Å²) in [4.78, 5) is 0. The second-order valence-corrected chi connectivity index (χ2v) is 5.04. The zero-order chi connectivity index (χ0) is 12.8. The van der Waals surface area contributed by atoms with E-state index in [2.05, 4.69) is 28.6 Å². The van der Waals surface area contributed by atoms with Crippen LogP contribution in [-0.4, -0.2) is 22.0 Å². The molecular weight excluding hydrogens is 224 g/mol. The first-order chi connectivity index (χ1) is 8.85. The van der Waals surface area contributed by atoms with E-state index >= 15 is 0 Å². The lowest BCUT2D eigenvalue weighted by Gasteiger charge is -2.20. The molecule has 0 amide bonds. The second kappa shape index (κ2) is 6.69. The summed E-state index contributed by atoms with van der Waals surface area (Å²) in [7, 11) is 2.03. The Balaban J connectivity index is 2.07. The van der Waals surface area contributed by atoms with Crippen molar-refractivity contribution in [3.05, 3.63) is 23.5 Å². The van der Waals surface area contributed by atoms with Crippen LogP contribution >= 0.6 is 0 Å². The minimum absolute atomic E-state index is 0.343. The van der Waals surface area contributed by atoms with Crippen molar-refractivity contribution in [3.63, 3.8) is 0 Å². The summed E-state index contributed by atoms with van der Waals surface area (Å²) in [6, 6.07) is 0.343. The van der Waals surface area contributed by atoms with Crippen molar-refractivity contribution in [2.45, 2.75) is 58.0 Å². The standard InChI is InChI=1S/C14H24N4/c1-3-9-18-14(11-16-17-18)13(15-2)10-12-7-5-4-6-8-12/h7,11,13,15H,3-6,8-10H2,1-2H3. The number of allylic oxidation sites excluding steroid dienone is 1. The molecule has 1 aliphatic rings. The zero-order valence-corrected chi connectivity index (χ0v) is 11.5. The Labute approximate surface area is 109 Å². The average Bonchev–Trinajstić information content (AvgIpc) is 2.86. The van der Waals surface area contributed by atoms with E-state index in [0.717, 1.165) is 19.4 Å². The van der Waals surface area contributed by atoms with Crippen LogP contribution in [0, 0.1) is 0 Å². The first-order valence-corrected chi connectivity index (χ1v) is 7.08. The molecule has 0 saturated heterocycles. The highest BCUT2D eigenvalue weighted by Crippen LogP contribution is 2.27. The highest BCUT2D eigenvalue weighted by molar-refractivity contribution is 5.12. The average molecular weight is 248 g/mol. The molecule has 0 saturated carbocycles. The Morgan fingerprint density at radius 2 is 2.33 bits per heavy atom. The molecular formula is C14H24N4. The summed E-state index contributed by atoms with van der Waals surface area (Å²) in [5.74, 6) is 0. The summed E-state index contributed by atoms with van der Waals surface area (Å²) < 4.78 is 2.03. The number of nitrogens with one attached hydrogen (secondary N) is 1. The second-order valence-electron chi connectivity index (χ2n) is 5.04. The van der Waals surface area contributed by atoms with Crippen molar-refractivity contribution < 1.29 is 0 Å². The molecule has 0 fully saturated rings. The molecule has 1 unspecified atom stereocenters. The Hall–Kier alpha value is -1.16. The van der Waals surface area contributed by atoms with Gasteiger partial charge >= 0.3 is 0 Å². The Morgan fingerprint density at radius 1 is 1.44 bits per heavy atom. The molecule has 2 rings (SSSR count). The summed E-state index contributed by atoms with van der Waals surface area (Å²) in [5.41, 5.74) is 2.80. The smallest absolute Gasteiger partial charge is 0.0759 e. The van der Waals surface area contributed by atoms with Crippen molar-refractivity contribution in [1.82, 2.24) is 20.3 Å². The van der Waals surface area contributed by atoms with Gasteiger partial charge in [-0.15, -0.1) is 5.10 Å². The number of nitrogens with zero attached hydrogens (tertiary/aromatic N) is 3. The quantitative estimate of drug-likeness (QED) is 0.787. The predicted octanol–water partition coefficient (Wildman–Crippen LogP) is 2.84. The molecule has 1 atom stereocenters. The van der Waals surface area contributed by atoms with Crippen LogP contribution in [0.5, 0.6) is 0 Å². The SMILES string of the molecule is CCCn1nncc1C(CC1=CCCCC1)NC. The fourth-order valence-electron chi connectivity index (χ4n) is 2.63. The predicted molar refractivity (Wildman–Crippen MR) is 73.3 cm³/mol. The van der Waals surface area contributed by atoms with Crippen LogP contribution in [0.4, 0.5) is 0 Å². The molecule has 0 bridgehead atoms. The van der Waals surface area contributed by atoms with Crippen LogP contribution in [0.25, 0.3) is 0 Å². The van der Waals surface area contributed by atoms with E-state index in [1.807, 2.05) is 17.9 Å². The molecule has 0 radical (unpaired) electrons. The van der Waals surface area contributed by atoms with Crippen LogP contribution in [0.3, 0.4) is 0 Å². The monoisotopic (exact) mass is 248 g/mol. The topological polar surface area (TPSA) is 42.7 Å². The molecule has 1 N–H and O–H groups in total. The largest absolute Gasteiger partial charge is 0.311 e. The van der Waals surface area contributed by atoms with E-state index in [4.69, 9.17) is 0 Å². The van der Waals surface area contributed by atoms with E-state index in [1.165, 1.54) is 31.4 Å². The molecule has 0 aliphatic heterocycles. The lowest BCUT2D eigenvalue weighted by atomic mass is 9.93. The molecule has 1 aromatic rings. The van der Waals surface area contributed by atoms with Crippen LogP contribution in [0.1, 0.15) is 57.2 Å². The van der Waals surface area contributed by atoms with E-state index in [1.54, 1.807) is 5.57 Å². The third-order valence-electron chi connectivity index (χ3n) is 3.64. The van der Waals surface area contributed by atoms with Gasteiger partial charge in [-0.3, -0.25) is 0 Å². The van der Waals surface area contributed by atoms with E-state index in [-0.39, 0.29) is 0 Å². The highest BCUT2D eigenvalue weighted by atomic mass is 15.4. The molecule has 0 spiro atoms. The number of rotatable bonds is 6. The first-order valence-electron chi connectivity index (χ1n) is 7.08. The molecule has 1 aromatic heterocycles. The number of aryl methyl sites for hydroxylation is 1. The lowest BCUT2D eigenvalue weighted by Crippen LogP contribution is -2.21. The number of hydrogen-bond acceptors (Lipinski definition) is 3. The van der Waals surface area contributed by atoms with Crippen molar-refractivity contribution in [2.75, 3.05) is 7.05 Å². The van der Waals surface area contributed by atoms with E-state index < -0.39 is 0 Å². The molecule has 1 heterocycles. The third kappa shape index (κ3) is 3.19. The third-order valence-corrected chi connectivity index (χ3v) is 3.64. The minimum atomic E-state index is 0.343. The minimum Gasteiger partial charge on any atom is -0.311 e. The maximum absolute atomic E-state index is 4.18.